The minimum atomic E-state index is -0.168. The van der Waals surface area contributed by atoms with Gasteiger partial charge in [0.25, 0.3) is 0 Å². The van der Waals surface area contributed by atoms with E-state index in [0.29, 0.717) is 34.1 Å². The Kier molecular flexibility index (Phi) is 7.36. The number of carbonyl (C=O) groups excluding carboxylic acids is 1. The SMILES string of the molecule is C/C=C\c1ccccc1Oc1ccccc1C(=O)c1ccccc1Oc1ccccc1/C=C\C. The lowest BCUT2D eigenvalue weighted by atomic mass is 10.0. The van der Waals surface area contributed by atoms with Crippen LogP contribution in [0.25, 0.3) is 12.2 Å². The van der Waals surface area contributed by atoms with Gasteiger partial charge in [0.1, 0.15) is 23.0 Å². The van der Waals surface area contributed by atoms with Crippen LogP contribution in [0.4, 0.5) is 0 Å². The number of benzene rings is 4. The van der Waals surface area contributed by atoms with E-state index in [1.807, 2.05) is 123 Å². The van der Waals surface area contributed by atoms with Gasteiger partial charge in [-0.1, -0.05) is 85.0 Å². The molecule has 0 aliphatic carbocycles. The molecule has 0 unspecified atom stereocenters. The Morgan fingerprint density at radius 2 is 0.882 bits per heavy atom. The number of para-hydroxylation sites is 4. The highest BCUT2D eigenvalue weighted by molar-refractivity contribution is 6.12. The van der Waals surface area contributed by atoms with E-state index >= 15 is 0 Å². The van der Waals surface area contributed by atoms with Crippen molar-refractivity contribution in [3.05, 3.63) is 131 Å². The van der Waals surface area contributed by atoms with E-state index in [2.05, 4.69) is 0 Å². The molecule has 0 saturated heterocycles. The second-order valence-corrected chi connectivity index (χ2v) is 7.60. The van der Waals surface area contributed by atoms with Crippen LogP contribution in [0.2, 0.25) is 0 Å². The molecule has 0 bridgehead atoms. The van der Waals surface area contributed by atoms with Gasteiger partial charge in [-0.25, -0.2) is 0 Å². The molecule has 4 aromatic rings. The average Bonchev–Trinajstić information content (AvgIpc) is 2.87. The largest absolute Gasteiger partial charge is 0.456 e. The van der Waals surface area contributed by atoms with Crippen LogP contribution in [0, 0.1) is 0 Å². The third-order valence-corrected chi connectivity index (χ3v) is 5.23. The average molecular weight is 447 g/mol. The molecular formula is C31H26O3. The maximum Gasteiger partial charge on any atom is 0.200 e. The van der Waals surface area contributed by atoms with E-state index in [0.717, 1.165) is 11.1 Å². The third-order valence-electron chi connectivity index (χ3n) is 5.23. The van der Waals surface area contributed by atoms with E-state index in [-0.39, 0.29) is 5.78 Å². The molecule has 0 fully saturated rings. The van der Waals surface area contributed by atoms with Crippen molar-refractivity contribution in [2.24, 2.45) is 0 Å². The van der Waals surface area contributed by atoms with Gasteiger partial charge in [0.2, 0.25) is 5.78 Å². The van der Waals surface area contributed by atoms with Crippen LogP contribution in [0.1, 0.15) is 40.9 Å². The monoisotopic (exact) mass is 446 g/mol. The Balaban J connectivity index is 1.70. The van der Waals surface area contributed by atoms with Crippen molar-refractivity contribution in [1.29, 1.82) is 0 Å². The molecule has 0 aromatic heterocycles. The number of ether oxygens (including phenoxy) is 2. The van der Waals surface area contributed by atoms with Crippen molar-refractivity contribution in [2.45, 2.75) is 13.8 Å². The summed E-state index contributed by atoms with van der Waals surface area (Å²) in [5, 5.41) is 0. The van der Waals surface area contributed by atoms with Crippen LogP contribution in [-0.4, -0.2) is 5.78 Å². The van der Waals surface area contributed by atoms with Gasteiger partial charge in [0.15, 0.2) is 0 Å². The van der Waals surface area contributed by atoms with Crippen molar-refractivity contribution in [2.75, 3.05) is 0 Å². The first-order chi connectivity index (χ1) is 16.7. The molecule has 0 atom stereocenters. The van der Waals surface area contributed by atoms with Crippen molar-refractivity contribution in [3.63, 3.8) is 0 Å². The summed E-state index contributed by atoms with van der Waals surface area (Å²) in [7, 11) is 0. The van der Waals surface area contributed by atoms with Crippen LogP contribution in [-0.2, 0) is 0 Å². The van der Waals surface area contributed by atoms with E-state index in [4.69, 9.17) is 9.47 Å². The first-order valence-electron chi connectivity index (χ1n) is 11.2. The Hall–Kier alpha value is -4.37. The third kappa shape index (κ3) is 5.16. The predicted molar refractivity (Wildman–Crippen MR) is 139 cm³/mol. The molecule has 0 spiro atoms. The molecule has 0 amide bonds. The van der Waals surface area contributed by atoms with Crippen LogP contribution < -0.4 is 9.47 Å². The summed E-state index contributed by atoms with van der Waals surface area (Å²) in [6.07, 6.45) is 7.87. The maximum absolute atomic E-state index is 13.7. The first kappa shape index (κ1) is 22.8. The smallest absolute Gasteiger partial charge is 0.200 e. The summed E-state index contributed by atoms with van der Waals surface area (Å²) < 4.78 is 12.4. The molecule has 3 nitrogen and oxygen atoms in total. The molecule has 4 aromatic carbocycles. The molecule has 4 rings (SSSR count). The van der Waals surface area contributed by atoms with Crippen LogP contribution in [0.15, 0.2) is 109 Å². The maximum atomic E-state index is 13.7. The van der Waals surface area contributed by atoms with Gasteiger partial charge in [-0.2, -0.15) is 0 Å². The highest BCUT2D eigenvalue weighted by Crippen LogP contribution is 2.34. The van der Waals surface area contributed by atoms with Gasteiger partial charge in [0, 0.05) is 11.1 Å². The molecule has 0 N–H and O–H groups in total. The fourth-order valence-corrected chi connectivity index (χ4v) is 3.65. The topological polar surface area (TPSA) is 35.5 Å². The second kappa shape index (κ2) is 11.0. The zero-order valence-corrected chi connectivity index (χ0v) is 19.3. The van der Waals surface area contributed by atoms with Crippen LogP contribution in [0.5, 0.6) is 23.0 Å². The number of hydrogen-bond acceptors (Lipinski definition) is 3. The fraction of sp³-hybridized carbons (Fsp3) is 0.0645. The molecule has 3 heteroatoms. The number of carbonyl (C=O) groups is 1. The number of hydrogen-bond donors (Lipinski definition) is 0. The summed E-state index contributed by atoms with van der Waals surface area (Å²) in [5.74, 6) is 2.19. The Morgan fingerprint density at radius 1 is 0.529 bits per heavy atom. The van der Waals surface area contributed by atoms with Crippen LogP contribution in [0.3, 0.4) is 0 Å². The summed E-state index contributed by atoms with van der Waals surface area (Å²) in [5.41, 5.74) is 2.82. The molecule has 0 aliphatic rings. The van der Waals surface area contributed by atoms with Gasteiger partial charge >= 0.3 is 0 Å². The van der Waals surface area contributed by atoms with E-state index in [9.17, 15) is 4.79 Å². The van der Waals surface area contributed by atoms with Gasteiger partial charge in [-0.15, -0.1) is 0 Å². The van der Waals surface area contributed by atoms with Crippen molar-refractivity contribution < 1.29 is 14.3 Å². The normalized spacial score (nSPS) is 11.1. The molecule has 0 radical (unpaired) electrons. The van der Waals surface area contributed by atoms with Gasteiger partial charge < -0.3 is 9.47 Å². The molecule has 0 saturated carbocycles. The van der Waals surface area contributed by atoms with Gasteiger partial charge in [-0.3, -0.25) is 4.79 Å². The zero-order chi connectivity index (χ0) is 23.8. The van der Waals surface area contributed by atoms with Gasteiger partial charge in [0.05, 0.1) is 11.1 Å². The molecule has 168 valence electrons. The minimum absolute atomic E-state index is 0.168. The van der Waals surface area contributed by atoms with Crippen LogP contribution >= 0.6 is 0 Å². The number of allylic oxidation sites excluding steroid dienone is 2. The molecule has 34 heavy (non-hydrogen) atoms. The fourth-order valence-electron chi connectivity index (χ4n) is 3.65. The highest BCUT2D eigenvalue weighted by Gasteiger charge is 2.20. The van der Waals surface area contributed by atoms with E-state index < -0.39 is 0 Å². The highest BCUT2D eigenvalue weighted by atomic mass is 16.5. The minimum Gasteiger partial charge on any atom is -0.456 e. The summed E-state index contributed by atoms with van der Waals surface area (Å²) >= 11 is 0. The second-order valence-electron chi connectivity index (χ2n) is 7.60. The van der Waals surface area contributed by atoms with Gasteiger partial charge in [-0.05, 0) is 50.2 Å². The van der Waals surface area contributed by atoms with E-state index in [1.54, 1.807) is 12.1 Å². The molecule has 0 aliphatic heterocycles. The summed E-state index contributed by atoms with van der Waals surface area (Å²) in [6, 6.07) is 30.1. The number of ketones is 1. The van der Waals surface area contributed by atoms with Crippen molar-refractivity contribution in [3.8, 4) is 23.0 Å². The number of rotatable bonds is 8. The Bertz CT molecular complexity index is 1250. The zero-order valence-electron chi connectivity index (χ0n) is 19.3. The Morgan fingerprint density at radius 3 is 1.29 bits per heavy atom. The summed E-state index contributed by atoms with van der Waals surface area (Å²) in [6.45, 7) is 3.92. The lowest BCUT2D eigenvalue weighted by Gasteiger charge is -2.15. The van der Waals surface area contributed by atoms with Crippen molar-refractivity contribution in [1.82, 2.24) is 0 Å². The lowest BCUT2D eigenvalue weighted by Crippen LogP contribution is -2.06. The Labute approximate surface area is 200 Å². The lowest BCUT2D eigenvalue weighted by molar-refractivity contribution is 0.103. The molecule has 0 heterocycles. The van der Waals surface area contributed by atoms with E-state index in [1.165, 1.54) is 0 Å². The quantitative estimate of drug-likeness (QED) is 0.254. The first-order valence-corrected chi connectivity index (χ1v) is 11.2. The molecular weight excluding hydrogens is 420 g/mol. The van der Waals surface area contributed by atoms with Crippen molar-refractivity contribution >= 4 is 17.9 Å². The summed E-state index contributed by atoms with van der Waals surface area (Å²) in [4.78, 5) is 13.7. The standard InChI is InChI=1S/C31H26O3/c1-3-13-23-15-5-9-19-27(23)33-29-21-11-7-17-25(29)31(32)26-18-8-12-22-30(26)34-28-20-10-6-16-24(28)14-4-2/h3-22H,1-2H3/b13-3-,14-4-. The predicted octanol–water partition coefficient (Wildman–Crippen LogP) is 8.57.